The fourth-order valence-corrected chi connectivity index (χ4v) is 3.28. The van der Waals surface area contributed by atoms with Gasteiger partial charge in [-0.3, -0.25) is 0 Å². The van der Waals surface area contributed by atoms with Gasteiger partial charge in [-0.1, -0.05) is 115 Å². The molecule has 0 aliphatic rings. The van der Waals surface area contributed by atoms with Crippen LogP contribution in [0.1, 0.15) is 48.5 Å². The Morgan fingerprint density at radius 2 is 0.865 bits per heavy atom. The maximum atomic E-state index is 2.19. The second-order valence-electron chi connectivity index (χ2n) is 8.46. The number of hydrogen-bond donors (Lipinski definition) is 0. The van der Waals surface area contributed by atoms with E-state index in [0.717, 1.165) is 22.4 Å². The van der Waals surface area contributed by atoms with Gasteiger partial charge in [-0.2, -0.15) is 0 Å². The van der Waals surface area contributed by atoms with E-state index in [4.69, 9.17) is 0 Å². The molecule has 0 fully saturated rings. The number of hydrogen-bond acceptors (Lipinski definition) is 1. The Hall–Kier alpha value is -3.84. The molecule has 0 aliphatic heterocycles. The summed E-state index contributed by atoms with van der Waals surface area (Å²) in [5, 5.41) is 0. The maximum absolute atomic E-state index is 2.19. The molecule has 0 amide bonds. The van der Waals surface area contributed by atoms with E-state index in [0.29, 0.717) is 0 Å². The van der Waals surface area contributed by atoms with Gasteiger partial charge >= 0.3 is 0 Å². The summed E-state index contributed by atoms with van der Waals surface area (Å²) in [5.41, 5.74) is 8.22. The van der Waals surface area contributed by atoms with Crippen molar-refractivity contribution in [2.75, 3.05) is 11.9 Å². The minimum Gasteiger partial charge on any atom is -0.345 e. The van der Waals surface area contributed by atoms with Crippen molar-refractivity contribution in [1.29, 1.82) is 0 Å². The van der Waals surface area contributed by atoms with Crippen LogP contribution in [0.3, 0.4) is 0 Å². The van der Waals surface area contributed by atoms with Gasteiger partial charge in [0.1, 0.15) is 0 Å². The summed E-state index contributed by atoms with van der Waals surface area (Å²) in [6.45, 7) is 14.5. The third kappa shape index (κ3) is 12.1. The van der Waals surface area contributed by atoms with Crippen LogP contribution in [0.15, 0.2) is 161 Å². The summed E-state index contributed by atoms with van der Waals surface area (Å²) in [6, 6.07) is 10.4. The normalized spacial score (nSPS) is 15.5. The minimum absolute atomic E-state index is 1.14. The molecule has 0 aliphatic carbocycles. The van der Waals surface area contributed by atoms with E-state index in [1.807, 2.05) is 6.07 Å². The highest BCUT2D eigenvalue weighted by Gasteiger charge is 2.02. The van der Waals surface area contributed by atoms with E-state index in [9.17, 15) is 0 Å². The Morgan fingerprint density at radius 3 is 1.22 bits per heavy atom. The molecule has 0 heterocycles. The predicted octanol–water partition coefficient (Wildman–Crippen LogP) is 10.6. The van der Waals surface area contributed by atoms with Gasteiger partial charge in [0.05, 0.1) is 0 Å². The number of allylic oxidation sites excluding steroid dienone is 21. The van der Waals surface area contributed by atoms with Crippen LogP contribution in [0.25, 0.3) is 0 Å². The highest BCUT2D eigenvalue weighted by atomic mass is 15.1. The minimum atomic E-state index is 1.14. The predicted molar refractivity (Wildman–Crippen MR) is 169 cm³/mol. The van der Waals surface area contributed by atoms with Crippen molar-refractivity contribution in [2.24, 2.45) is 0 Å². The van der Waals surface area contributed by atoms with E-state index in [1.165, 1.54) is 16.8 Å². The molecule has 37 heavy (non-hydrogen) atoms. The molecular formula is C36H45N. The summed E-state index contributed by atoms with van der Waals surface area (Å²) >= 11 is 0. The van der Waals surface area contributed by atoms with Crippen molar-refractivity contribution in [2.45, 2.75) is 48.5 Å². The molecule has 1 rings (SSSR count). The first-order chi connectivity index (χ1) is 17.9. The van der Waals surface area contributed by atoms with Crippen LogP contribution in [-0.2, 0) is 0 Å². The Morgan fingerprint density at radius 1 is 0.486 bits per heavy atom. The van der Waals surface area contributed by atoms with E-state index >= 15 is 0 Å². The molecule has 0 spiro atoms. The van der Waals surface area contributed by atoms with Gasteiger partial charge in [0.2, 0.25) is 0 Å². The van der Waals surface area contributed by atoms with Gasteiger partial charge < -0.3 is 4.90 Å². The molecule has 0 saturated heterocycles. The molecule has 1 aromatic carbocycles. The van der Waals surface area contributed by atoms with Gasteiger partial charge in [0.25, 0.3) is 0 Å². The summed E-state index contributed by atoms with van der Waals surface area (Å²) in [4.78, 5) is 2.19. The average molecular weight is 492 g/mol. The lowest BCUT2D eigenvalue weighted by Gasteiger charge is -2.20. The molecule has 1 aromatic rings. The third-order valence-electron chi connectivity index (χ3n) is 6.01. The molecule has 1 nitrogen and oxygen atoms in total. The number of benzene rings is 1. The van der Waals surface area contributed by atoms with Crippen molar-refractivity contribution in [3.8, 4) is 0 Å². The third-order valence-corrected chi connectivity index (χ3v) is 6.01. The molecule has 0 atom stereocenters. The number of nitrogens with zero attached hydrogens (tertiary/aromatic N) is 1. The molecule has 0 radical (unpaired) electrons. The second-order valence-corrected chi connectivity index (χ2v) is 8.46. The highest BCUT2D eigenvalue weighted by Crippen LogP contribution is 2.18. The first kappa shape index (κ1) is 31.2. The lowest BCUT2D eigenvalue weighted by atomic mass is 10.1. The molecule has 0 bridgehead atoms. The van der Waals surface area contributed by atoms with Crippen molar-refractivity contribution < 1.29 is 0 Å². The molecular weight excluding hydrogens is 446 g/mol. The zero-order chi connectivity index (χ0) is 27.5. The first-order valence-corrected chi connectivity index (χ1v) is 13.1. The Balaban J connectivity index is 2.92. The van der Waals surface area contributed by atoms with Crippen molar-refractivity contribution in [3.05, 3.63) is 161 Å². The zero-order valence-electron chi connectivity index (χ0n) is 24.1. The summed E-state index contributed by atoms with van der Waals surface area (Å²) in [7, 11) is 2.09. The van der Waals surface area contributed by atoms with Gasteiger partial charge in [-0.25, -0.2) is 0 Å². The number of likely N-dealkylation sites (N-methyl/N-ethyl adjacent to an activating group) is 1. The lowest BCUT2D eigenvalue weighted by molar-refractivity contribution is 1.13. The Bertz CT molecular complexity index is 1170. The fraction of sp³-hybridized carbons (Fsp3) is 0.222. The molecule has 1 heteroatoms. The number of anilines is 1. The van der Waals surface area contributed by atoms with Crippen LogP contribution in [-0.4, -0.2) is 7.05 Å². The summed E-state index contributed by atoms with van der Waals surface area (Å²) < 4.78 is 0. The van der Waals surface area contributed by atoms with E-state index in [1.54, 1.807) is 0 Å². The SMILES string of the molecule is C\C=C(C)/C=C\C(\C=C\C(\C=C/C(/C=C\C(\C=C/C(=C\C)N(C)c1ccccc1)=C\C)=C\C)=C\C)=C/C. The van der Waals surface area contributed by atoms with Crippen LogP contribution in [0.4, 0.5) is 5.69 Å². The zero-order valence-corrected chi connectivity index (χ0v) is 24.1. The van der Waals surface area contributed by atoms with Crippen LogP contribution in [0.2, 0.25) is 0 Å². The van der Waals surface area contributed by atoms with E-state index in [-0.39, 0.29) is 0 Å². The Labute approximate surface area is 227 Å². The van der Waals surface area contributed by atoms with Gasteiger partial charge in [-0.05, 0) is 89.0 Å². The Kier molecular flexibility index (Phi) is 15.5. The summed E-state index contributed by atoms with van der Waals surface area (Å²) in [5.74, 6) is 0. The van der Waals surface area contributed by atoms with Crippen molar-refractivity contribution in [1.82, 2.24) is 0 Å². The highest BCUT2D eigenvalue weighted by molar-refractivity contribution is 5.54. The van der Waals surface area contributed by atoms with Crippen LogP contribution in [0, 0.1) is 0 Å². The maximum Gasteiger partial charge on any atom is 0.0407 e. The summed E-state index contributed by atoms with van der Waals surface area (Å²) in [6.07, 6.45) is 34.3. The number of para-hydroxylation sites is 1. The molecule has 0 saturated carbocycles. The molecule has 194 valence electrons. The average Bonchev–Trinajstić information content (AvgIpc) is 2.94. The molecule has 0 unspecified atom stereocenters. The van der Waals surface area contributed by atoms with Gasteiger partial charge in [0, 0.05) is 18.4 Å². The molecule has 0 aromatic heterocycles. The lowest BCUT2D eigenvalue weighted by Crippen LogP contribution is -2.14. The first-order valence-electron chi connectivity index (χ1n) is 13.1. The monoisotopic (exact) mass is 491 g/mol. The van der Waals surface area contributed by atoms with Crippen LogP contribution in [0.5, 0.6) is 0 Å². The standard InChI is InChI=1S/C36H45N/c1-9-30(7)20-21-31(10-2)22-23-32(11-3)24-25-33(12-4)26-27-34(13-5)28-29-35(14-6)37(8)36-18-16-15-17-19-36/h9-29H,1-8H3/b21-20-,23-22+,25-24-,27-26-,29-28-,30-9-,31-10+,32-11-,33-12+,34-13-,35-14+. The topological polar surface area (TPSA) is 3.24 Å². The molecule has 0 N–H and O–H groups in total. The van der Waals surface area contributed by atoms with Gasteiger partial charge in [-0.15, -0.1) is 0 Å². The van der Waals surface area contributed by atoms with E-state index in [2.05, 4.69) is 182 Å². The smallest absolute Gasteiger partial charge is 0.0407 e. The van der Waals surface area contributed by atoms with Crippen molar-refractivity contribution >= 4 is 5.69 Å². The second kappa shape index (κ2) is 18.4. The largest absolute Gasteiger partial charge is 0.345 e. The van der Waals surface area contributed by atoms with Crippen LogP contribution >= 0.6 is 0 Å². The fourth-order valence-electron chi connectivity index (χ4n) is 3.28. The quantitative estimate of drug-likeness (QED) is 0.263. The van der Waals surface area contributed by atoms with E-state index < -0.39 is 0 Å². The number of rotatable bonds is 12. The van der Waals surface area contributed by atoms with Crippen LogP contribution < -0.4 is 4.90 Å². The van der Waals surface area contributed by atoms with Crippen molar-refractivity contribution in [3.63, 3.8) is 0 Å². The van der Waals surface area contributed by atoms with Gasteiger partial charge in [0.15, 0.2) is 0 Å².